The summed E-state index contributed by atoms with van der Waals surface area (Å²) in [6.07, 6.45) is 1.43. The monoisotopic (exact) mass is 204 g/mol. The number of carboxylic acid groups (broad SMARTS) is 1. The zero-order valence-electron chi connectivity index (χ0n) is 8.10. The van der Waals surface area contributed by atoms with Crippen LogP contribution in [0.15, 0.2) is 0 Å². The van der Waals surface area contributed by atoms with Gasteiger partial charge in [-0.15, -0.1) is 0 Å². The first kappa shape index (κ1) is 12.9. The van der Waals surface area contributed by atoms with Crippen LogP contribution in [0.5, 0.6) is 0 Å². The number of carboxylic acids is 1. The van der Waals surface area contributed by atoms with Crippen LogP contribution in [0.3, 0.4) is 0 Å². The fourth-order valence-corrected chi connectivity index (χ4v) is 1.00. The molecule has 0 aliphatic heterocycles. The molecule has 0 rings (SSSR count). The topological polar surface area (TPSA) is 116 Å². The molecule has 2 atom stereocenters. The van der Waals surface area contributed by atoms with Gasteiger partial charge in [0.25, 0.3) is 0 Å². The Morgan fingerprint density at radius 1 is 1.43 bits per heavy atom. The third-order valence-electron chi connectivity index (χ3n) is 1.99. The Hall–Kier alpha value is -1.14. The molecular weight excluding hydrogens is 188 g/mol. The highest BCUT2D eigenvalue weighted by atomic mass is 16.7. The third-order valence-corrected chi connectivity index (χ3v) is 1.99. The molecule has 0 heterocycles. The first-order valence-corrected chi connectivity index (χ1v) is 4.38. The zero-order valence-corrected chi connectivity index (χ0v) is 8.10. The van der Waals surface area contributed by atoms with E-state index in [4.69, 9.17) is 10.8 Å². The summed E-state index contributed by atoms with van der Waals surface area (Å²) in [7, 11) is 0. The van der Waals surface area contributed by atoms with E-state index in [1.807, 2.05) is 0 Å². The lowest BCUT2D eigenvalue weighted by molar-refractivity contribution is -0.148. The molecule has 0 fully saturated rings. The van der Waals surface area contributed by atoms with Crippen LogP contribution in [0.4, 0.5) is 0 Å². The molecule has 0 bridgehead atoms. The molecule has 82 valence electrons. The van der Waals surface area contributed by atoms with E-state index in [2.05, 4.69) is 10.7 Å². The summed E-state index contributed by atoms with van der Waals surface area (Å²) in [4.78, 5) is 25.2. The summed E-state index contributed by atoms with van der Waals surface area (Å²) in [5, 5.41) is 8.47. The molecule has 2 unspecified atom stereocenters. The molecule has 0 aliphatic carbocycles. The predicted molar refractivity (Wildman–Crippen MR) is 48.9 cm³/mol. The first-order chi connectivity index (χ1) is 6.49. The molecule has 0 aromatic carbocycles. The highest BCUT2D eigenvalue weighted by molar-refractivity contribution is 5.73. The van der Waals surface area contributed by atoms with Gasteiger partial charge in [0.1, 0.15) is 6.04 Å². The van der Waals surface area contributed by atoms with Gasteiger partial charge in [-0.1, -0.05) is 13.3 Å². The molecule has 0 saturated carbocycles. The van der Waals surface area contributed by atoms with Crippen LogP contribution < -0.4 is 11.6 Å². The largest absolute Gasteiger partial charge is 0.480 e. The number of carbonyl (C=O) groups excluding carboxylic acids is 1. The fourth-order valence-electron chi connectivity index (χ4n) is 1.00. The van der Waals surface area contributed by atoms with Crippen molar-refractivity contribution in [3.05, 3.63) is 0 Å². The van der Waals surface area contributed by atoms with Gasteiger partial charge in [0.2, 0.25) is 0 Å². The van der Waals surface area contributed by atoms with Gasteiger partial charge in [0.15, 0.2) is 0 Å². The maximum Gasteiger partial charge on any atom is 0.327 e. The minimum atomic E-state index is -1.03. The van der Waals surface area contributed by atoms with Gasteiger partial charge in [-0.25, -0.2) is 0 Å². The van der Waals surface area contributed by atoms with Crippen molar-refractivity contribution in [1.82, 2.24) is 0 Å². The van der Waals surface area contributed by atoms with E-state index in [1.54, 1.807) is 6.92 Å². The third kappa shape index (κ3) is 4.78. The quantitative estimate of drug-likeness (QED) is 0.508. The molecule has 6 heteroatoms. The standard InChI is InChI=1S/C8H16N2O4/c1-5(8(13)14-10)3-2-4-6(9)7(11)12/h5-6H,2-4,9-10H2,1H3,(H,11,12). The van der Waals surface area contributed by atoms with Crippen molar-refractivity contribution in [2.24, 2.45) is 17.5 Å². The second-order valence-corrected chi connectivity index (χ2v) is 3.21. The predicted octanol–water partition coefficient (Wildman–Crippen LogP) is -0.378. The number of rotatable bonds is 6. The molecule has 0 radical (unpaired) electrons. The summed E-state index contributed by atoms with van der Waals surface area (Å²) in [6, 6.07) is -0.865. The molecule has 14 heavy (non-hydrogen) atoms. The summed E-state index contributed by atoms with van der Waals surface area (Å²) in [5.41, 5.74) is 5.27. The van der Waals surface area contributed by atoms with Gasteiger partial charge in [-0.2, -0.15) is 5.90 Å². The normalized spacial score (nSPS) is 14.5. The molecule has 5 N–H and O–H groups in total. The maximum atomic E-state index is 10.8. The minimum Gasteiger partial charge on any atom is -0.480 e. The van der Waals surface area contributed by atoms with Crippen molar-refractivity contribution in [2.75, 3.05) is 0 Å². The second kappa shape index (κ2) is 6.33. The van der Waals surface area contributed by atoms with E-state index in [1.165, 1.54) is 0 Å². The Morgan fingerprint density at radius 2 is 2.00 bits per heavy atom. The Balaban J connectivity index is 3.64. The van der Waals surface area contributed by atoms with E-state index in [0.717, 1.165) is 0 Å². The average molecular weight is 204 g/mol. The number of aliphatic carboxylic acids is 1. The smallest absolute Gasteiger partial charge is 0.327 e. The molecule has 0 amide bonds. The average Bonchev–Trinajstić information content (AvgIpc) is 2.15. The molecule has 0 spiro atoms. The lowest BCUT2D eigenvalue weighted by Crippen LogP contribution is -2.30. The van der Waals surface area contributed by atoms with E-state index >= 15 is 0 Å². The van der Waals surface area contributed by atoms with Crippen molar-refractivity contribution in [2.45, 2.75) is 32.2 Å². The van der Waals surface area contributed by atoms with Crippen LogP contribution in [0.25, 0.3) is 0 Å². The summed E-state index contributed by atoms with van der Waals surface area (Å²) < 4.78 is 0. The van der Waals surface area contributed by atoms with Gasteiger partial charge in [-0.05, 0) is 12.8 Å². The Morgan fingerprint density at radius 3 is 2.43 bits per heavy atom. The highest BCUT2D eigenvalue weighted by Crippen LogP contribution is 2.09. The van der Waals surface area contributed by atoms with Crippen molar-refractivity contribution in [3.8, 4) is 0 Å². The van der Waals surface area contributed by atoms with Crippen LogP contribution in [0, 0.1) is 5.92 Å². The van der Waals surface area contributed by atoms with Crippen molar-refractivity contribution in [3.63, 3.8) is 0 Å². The lowest BCUT2D eigenvalue weighted by Gasteiger charge is -2.09. The van der Waals surface area contributed by atoms with Gasteiger partial charge < -0.3 is 15.7 Å². The fraction of sp³-hybridized carbons (Fsp3) is 0.750. The van der Waals surface area contributed by atoms with Gasteiger partial charge >= 0.3 is 11.9 Å². The van der Waals surface area contributed by atoms with Crippen LogP contribution in [-0.2, 0) is 14.4 Å². The van der Waals surface area contributed by atoms with Crippen LogP contribution >= 0.6 is 0 Å². The van der Waals surface area contributed by atoms with Crippen LogP contribution in [-0.4, -0.2) is 23.1 Å². The Labute approximate surface area is 82.2 Å². The number of nitrogens with two attached hydrogens (primary N) is 2. The second-order valence-electron chi connectivity index (χ2n) is 3.21. The lowest BCUT2D eigenvalue weighted by atomic mass is 10.0. The van der Waals surface area contributed by atoms with E-state index < -0.39 is 18.0 Å². The zero-order chi connectivity index (χ0) is 11.1. The number of carbonyl (C=O) groups is 2. The van der Waals surface area contributed by atoms with E-state index in [9.17, 15) is 9.59 Å². The molecule has 0 aliphatic rings. The molecule has 0 saturated heterocycles. The van der Waals surface area contributed by atoms with Gasteiger partial charge in [-0.3, -0.25) is 9.59 Å². The SMILES string of the molecule is CC(CCCC(N)C(=O)O)C(=O)ON. The molecular formula is C8H16N2O4. The summed E-state index contributed by atoms with van der Waals surface area (Å²) >= 11 is 0. The summed E-state index contributed by atoms with van der Waals surface area (Å²) in [6.45, 7) is 1.67. The Bertz CT molecular complexity index is 208. The number of hydrogen-bond donors (Lipinski definition) is 3. The van der Waals surface area contributed by atoms with E-state index in [0.29, 0.717) is 19.3 Å². The van der Waals surface area contributed by atoms with Crippen LogP contribution in [0.1, 0.15) is 26.2 Å². The first-order valence-electron chi connectivity index (χ1n) is 4.38. The van der Waals surface area contributed by atoms with E-state index in [-0.39, 0.29) is 5.92 Å². The van der Waals surface area contributed by atoms with Gasteiger partial charge in [0, 0.05) is 0 Å². The minimum absolute atomic E-state index is 0.319. The molecule has 0 aromatic heterocycles. The van der Waals surface area contributed by atoms with Crippen LogP contribution in [0.2, 0.25) is 0 Å². The van der Waals surface area contributed by atoms with Gasteiger partial charge in [0.05, 0.1) is 5.92 Å². The van der Waals surface area contributed by atoms with Crippen molar-refractivity contribution < 1.29 is 19.5 Å². The summed E-state index contributed by atoms with van der Waals surface area (Å²) in [5.74, 6) is 2.85. The van der Waals surface area contributed by atoms with Crippen molar-refractivity contribution >= 4 is 11.9 Å². The number of hydrogen-bond acceptors (Lipinski definition) is 5. The highest BCUT2D eigenvalue weighted by Gasteiger charge is 2.15. The van der Waals surface area contributed by atoms with Crippen molar-refractivity contribution in [1.29, 1.82) is 0 Å². The Kier molecular flexibility index (Phi) is 5.82. The maximum absolute atomic E-state index is 10.8. The molecule has 0 aromatic rings. The molecule has 6 nitrogen and oxygen atoms in total.